The highest BCUT2D eigenvalue weighted by Crippen LogP contribution is 2.21. The third-order valence-electron chi connectivity index (χ3n) is 3.32. The van der Waals surface area contributed by atoms with E-state index in [1.807, 2.05) is 31.2 Å². The van der Waals surface area contributed by atoms with Crippen LogP contribution in [0.3, 0.4) is 0 Å². The highest BCUT2D eigenvalue weighted by Gasteiger charge is 2.29. The lowest BCUT2D eigenvalue weighted by molar-refractivity contribution is -0.119. The first kappa shape index (κ1) is 15.4. The summed E-state index contributed by atoms with van der Waals surface area (Å²) in [7, 11) is 0. The molecule has 0 spiro atoms. The Balaban J connectivity index is 1.47. The lowest BCUT2D eigenvalue weighted by atomic mass is 10.1. The average Bonchev–Trinajstić information content (AvgIpc) is 3.01. The van der Waals surface area contributed by atoms with Gasteiger partial charge in [-0.25, -0.2) is 4.99 Å². The summed E-state index contributed by atoms with van der Waals surface area (Å²) in [5, 5.41) is 13.4. The van der Waals surface area contributed by atoms with Gasteiger partial charge in [0.2, 0.25) is 5.91 Å². The molecule has 2 N–H and O–H groups in total. The molecule has 8 heteroatoms. The Morgan fingerprint density at radius 1 is 1.35 bits per heavy atom. The summed E-state index contributed by atoms with van der Waals surface area (Å²) in [4.78, 5) is 27.9. The first-order valence-electron chi connectivity index (χ1n) is 7.06. The number of carbonyl (C=O) groups excluding carboxylic acids is 2. The van der Waals surface area contributed by atoms with Gasteiger partial charge in [-0.1, -0.05) is 41.6 Å². The standard InChI is InChI=1S/C15H15N5O2S/c1-9-2-4-10(5-3-9)6-16-12(21)8-23-15-18-13-11(7-17-20-13)14(22)19-15/h2-5,7,13H,6,8H2,1H3,(H,16,21)(H,18,19,22). The molecule has 2 aliphatic heterocycles. The Morgan fingerprint density at radius 2 is 2.13 bits per heavy atom. The van der Waals surface area contributed by atoms with Crippen molar-refractivity contribution < 1.29 is 9.59 Å². The number of thioether (sulfide) groups is 1. The van der Waals surface area contributed by atoms with Gasteiger partial charge in [0.05, 0.1) is 17.5 Å². The molecule has 1 aromatic rings. The van der Waals surface area contributed by atoms with Crippen molar-refractivity contribution in [3.63, 3.8) is 0 Å². The number of hydrogen-bond acceptors (Lipinski definition) is 6. The molecule has 2 amide bonds. The van der Waals surface area contributed by atoms with E-state index in [1.54, 1.807) is 0 Å². The van der Waals surface area contributed by atoms with Crippen LogP contribution < -0.4 is 10.6 Å². The number of benzene rings is 1. The Morgan fingerprint density at radius 3 is 2.91 bits per heavy atom. The molecular formula is C15H15N5O2S. The molecule has 23 heavy (non-hydrogen) atoms. The van der Waals surface area contributed by atoms with Crippen LogP contribution >= 0.6 is 11.8 Å². The number of nitrogens with zero attached hydrogens (tertiary/aromatic N) is 3. The lowest BCUT2D eigenvalue weighted by Crippen LogP contribution is -2.38. The highest BCUT2D eigenvalue weighted by atomic mass is 32.2. The van der Waals surface area contributed by atoms with Gasteiger partial charge < -0.3 is 10.6 Å². The Labute approximate surface area is 137 Å². The van der Waals surface area contributed by atoms with Gasteiger partial charge in [0, 0.05) is 6.54 Å². The van der Waals surface area contributed by atoms with E-state index in [9.17, 15) is 9.59 Å². The minimum absolute atomic E-state index is 0.123. The number of rotatable bonds is 4. The zero-order chi connectivity index (χ0) is 16.2. The zero-order valence-electron chi connectivity index (χ0n) is 12.4. The molecule has 0 aliphatic carbocycles. The summed E-state index contributed by atoms with van der Waals surface area (Å²) in [6.45, 7) is 2.49. The maximum Gasteiger partial charge on any atom is 0.258 e. The molecule has 2 aliphatic rings. The molecule has 0 aromatic heterocycles. The molecule has 7 nitrogen and oxygen atoms in total. The molecule has 1 unspecified atom stereocenters. The third kappa shape index (κ3) is 3.84. The number of aryl methyl sites for hydroxylation is 1. The molecular weight excluding hydrogens is 314 g/mol. The van der Waals surface area contributed by atoms with E-state index in [-0.39, 0.29) is 17.6 Å². The predicted molar refractivity (Wildman–Crippen MR) is 87.8 cm³/mol. The SMILES string of the molecule is Cc1ccc(CNC(=O)CSC2=NC3N=NC=C3C(=O)N2)cc1. The largest absolute Gasteiger partial charge is 0.351 e. The van der Waals surface area contributed by atoms with Gasteiger partial charge in [-0.3, -0.25) is 9.59 Å². The van der Waals surface area contributed by atoms with Gasteiger partial charge in [-0.2, -0.15) is 10.2 Å². The van der Waals surface area contributed by atoms with Gasteiger partial charge in [0.15, 0.2) is 11.3 Å². The number of azo groups is 1. The van der Waals surface area contributed by atoms with Crippen LogP contribution in [-0.2, 0) is 16.1 Å². The van der Waals surface area contributed by atoms with Crippen LogP contribution in [0.25, 0.3) is 0 Å². The first-order chi connectivity index (χ1) is 11.1. The molecule has 118 valence electrons. The molecule has 0 saturated heterocycles. The van der Waals surface area contributed by atoms with Crippen molar-refractivity contribution in [1.82, 2.24) is 10.6 Å². The minimum atomic E-state index is -0.568. The van der Waals surface area contributed by atoms with E-state index >= 15 is 0 Å². The molecule has 1 atom stereocenters. The second-order valence-corrected chi connectivity index (χ2v) is 6.09. The monoisotopic (exact) mass is 329 g/mol. The van der Waals surface area contributed by atoms with Crippen molar-refractivity contribution in [2.24, 2.45) is 15.2 Å². The van der Waals surface area contributed by atoms with E-state index in [0.717, 1.165) is 5.56 Å². The number of aliphatic imine (C=N–C) groups is 1. The van der Waals surface area contributed by atoms with Crippen LogP contribution in [0.1, 0.15) is 11.1 Å². The maximum atomic E-state index is 11.9. The molecule has 0 radical (unpaired) electrons. The van der Waals surface area contributed by atoms with Gasteiger partial charge in [0.1, 0.15) is 0 Å². The highest BCUT2D eigenvalue weighted by molar-refractivity contribution is 8.14. The van der Waals surface area contributed by atoms with Crippen LogP contribution in [0, 0.1) is 6.92 Å². The van der Waals surface area contributed by atoms with Crippen LogP contribution in [-0.4, -0.2) is 28.9 Å². The van der Waals surface area contributed by atoms with E-state index in [2.05, 4.69) is 25.9 Å². The topological polar surface area (TPSA) is 95.3 Å². The Kier molecular flexibility index (Phi) is 4.52. The van der Waals surface area contributed by atoms with Crippen molar-refractivity contribution in [3.05, 3.63) is 47.2 Å². The maximum absolute atomic E-state index is 11.9. The zero-order valence-corrected chi connectivity index (χ0v) is 13.3. The Bertz CT molecular complexity index is 724. The number of hydrogen-bond donors (Lipinski definition) is 2. The third-order valence-corrected chi connectivity index (χ3v) is 4.21. The summed E-state index contributed by atoms with van der Waals surface area (Å²) in [5.41, 5.74) is 2.65. The van der Waals surface area contributed by atoms with Crippen molar-refractivity contribution >= 4 is 28.7 Å². The molecule has 0 bridgehead atoms. The number of amidine groups is 1. The van der Waals surface area contributed by atoms with Crippen LogP contribution in [0.2, 0.25) is 0 Å². The average molecular weight is 329 g/mol. The minimum Gasteiger partial charge on any atom is -0.351 e. The smallest absolute Gasteiger partial charge is 0.258 e. The second kappa shape index (κ2) is 6.74. The fourth-order valence-corrected chi connectivity index (χ4v) is 2.75. The summed E-state index contributed by atoms with van der Waals surface area (Å²) in [6, 6.07) is 7.97. The van der Waals surface area contributed by atoms with E-state index in [0.29, 0.717) is 17.3 Å². The van der Waals surface area contributed by atoms with Crippen molar-refractivity contribution in [2.45, 2.75) is 19.6 Å². The predicted octanol–water partition coefficient (Wildman–Crippen LogP) is 1.51. The molecule has 2 heterocycles. The van der Waals surface area contributed by atoms with Crippen molar-refractivity contribution in [2.75, 3.05) is 5.75 Å². The summed E-state index contributed by atoms with van der Waals surface area (Å²) in [5.74, 6) is -0.215. The van der Waals surface area contributed by atoms with Gasteiger partial charge in [-0.05, 0) is 12.5 Å². The number of fused-ring (bicyclic) bond motifs is 1. The normalized spacial score (nSPS) is 18.8. The number of amides is 2. The van der Waals surface area contributed by atoms with Gasteiger partial charge in [0.25, 0.3) is 5.91 Å². The second-order valence-electron chi connectivity index (χ2n) is 5.13. The van der Waals surface area contributed by atoms with Crippen molar-refractivity contribution in [1.29, 1.82) is 0 Å². The van der Waals surface area contributed by atoms with Gasteiger partial charge >= 0.3 is 0 Å². The van der Waals surface area contributed by atoms with Crippen LogP contribution in [0.4, 0.5) is 0 Å². The van der Waals surface area contributed by atoms with Crippen molar-refractivity contribution in [3.8, 4) is 0 Å². The fourth-order valence-electron chi connectivity index (χ4n) is 2.04. The summed E-state index contributed by atoms with van der Waals surface area (Å²) in [6.07, 6.45) is 0.834. The molecule has 3 rings (SSSR count). The molecule has 0 saturated carbocycles. The molecule has 0 fully saturated rings. The number of nitrogens with one attached hydrogen (secondary N) is 2. The fraction of sp³-hybridized carbons (Fsp3) is 0.267. The van der Waals surface area contributed by atoms with E-state index in [4.69, 9.17) is 0 Å². The van der Waals surface area contributed by atoms with Crippen LogP contribution in [0.15, 0.2) is 51.3 Å². The lowest BCUT2D eigenvalue weighted by Gasteiger charge is -2.16. The molecule has 1 aromatic carbocycles. The van der Waals surface area contributed by atoms with E-state index in [1.165, 1.54) is 23.5 Å². The first-order valence-corrected chi connectivity index (χ1v) is 8.04. The van der Waals surface area contributed by atoms with E-state index < -0.39 is 6.17 Å². The number of carbonyl (C=O) groups is 2. The van der Waals surface area contributed by atoms with Crippen LogP contribution in [0.5, 0.6) is 0 Å². The summed E-state index contributed by atoms with van der Waals surface area (Å²) >= 11 is 1.17. The summed E-state index contributed by atoms with van der Waals surface area (Å²) < 4.78 is 0. The Hall–Kier alpha value is -2.48. The quantitative estimate of drug-likeness (QED) is 0.876. The van der Waals surface area contributed by atoms with Gasteiger partial charge in [-0.15, -0.1) is 0 Å².